The van der Waals surface area contributed by atoms with Crippen molar-refractivity contribution in [2.24, 2.45) is 0 Å². The summed E-state index contributed by atoms with van der Waals surface area (Å²) in [6.07, 6.45) is 8.14. The molecule has 0 bridgehead atoms. The molecule has 0 N–H and O–H groups in total. The number of anilines is 3. The van der Waals surface area contributed by atoms with E-state index in [9.17, 15) is 0 Å². The minimum Gasteiger partial charge on any atom is -0.456 e. The number of rotatable bonds is 9. The van der Waals surface area contributed by atoms with Crippen molar-refractivity contribution in [3.05, 3.63) is 271 Å². The molecule has 2 aliphatic rings. The van der Waals surface area contributed by atoms with E-state index in [4.69, 9.17) is 4.42 Å². The predicted octanol–water partition coefficient (Wildman–Crippen LogP) is 17.7. The first-order valence-electron chi connectivity index (χ1n) is 23.3. The third kappa shape index (κ3) is 6.32. The van der Waals surface area contributed by atoms with Crippen molar-refractivity contribution in [2.75, 3.05) is 4.90 Å². The lowest BCUT2D eigenvalue weighted by atomic mass is 9.67. The van der Waals surface area contributed by atoms with Crippen LogP contribution in [0, 0.1) is 0 Å². The molecule has 9 aromatic carbocycles. The number of furan rings is 1. The number of benzene rings is 9. The molecule has 10 aromatic rings. The fourth-order valence-electron chi connectivity index (χ4n) is 11.3. The summed E-state index contributed by atoms with van der Waals surface area (Å²) in [5, 5.41) is 2.23. The van der Waals surface area contributed by atoms with Crippen molar-refractivity contribution in [1.29, 1.82) is 0 Å². The van der Waals surface area contributed by atoms with Gasteiger partial charge < -0.3 is 9.32 Å². The second kappa shape index (κ2) is 15.8. The van der Waals surface area contributed by atoms with Crippen molar-refractivity contribution in [3.8, 4) is 44.5 Å². The Labute approximate surface area is 393 Å². The van der Waals surface area contributed by atoms with Crippen LogP contribution in [0.5, 0.6) is 0 Å². The Kier molecular flexibility index (Phi) is 9.48. The van der Waals surface area contributed by atoms with E-state index in [1.54, 1.807) is 0 Å². The van der Waals surface area contributed by atoms with Gasteiger partial charge in [-0.1, -0.05) is 196 Å². The van der Waals surface area contributed by atoms with Gasteiger partial charge in [-0.3, -0.25) is 0 Å². The van der Waals surface area contributed by atoms with Crippen LogP contribution in [0.4, 0.5) is 17.1 Å². The van der Waals surface area contributed by atoms with Gasteiger partial charge in [-0.15, -0.1) is 0 Å². The Hall–Kier alpha value is -8.20. The Bertz CT molecular complexity index is 3610. The summed E-state index contributed by atoms with van der Waals surface area (Å²) in [5.41, 5.74) is 22.0. The average Bonchev–Trinajstić information content (AvgIpc) is 3.96. The van der Waals surface area contributed by atoms with Gasteiger partial charge in [0.15, 0.2) is 0 Å². The fraction of sp³-hybridized carbons (Fsp3) is 0.0769. The molecule has 2 nitrogen and oxygen atoms in total. The van der Waals surface area contributed by atoms with Crippen LogP contribution in [-0.4, -0.2) is 0 Å². The molecule has 0 amide bonds. The van der Waals surface area contributed by atoms with Crippen molar-refractivity contribution in [2.45, 2.75) is 31.6 Å². The third-order valence-electron chi connectivity index (χ3n) is 14.5. The Morgan fingerprint density at radius 1 is 0.448 bits per heavy atom. The molecule has 1 unspecified atom stereocenters. The molecule has 12 rings (SSSR count). The Morgan fingerprint density at radius 2 is 1.00 bits per heavy atom. The lowest BCUT2D eigenvalue weighted by Crippen LogP contribution is -2.28. The van der Waals surface area contributed by atoms with E-state index in [2.05, 4.69) is 251 Å². The maximum Gasteiger partial charge on any atom is 0.136 e. The molecule has 0 radical (unpaired) electrons. The van der Waals surface area contributed by atoms with Crippen molar-refractivity contribution in [3.63, 3.8) is 0 Å². The Balaban J connectivity index is 0.943. The van der Waals surface area contributed by atoms with Crippen LogP contribution in [-0.2, 0) is 10.8 Å². The normalized spacial score (nSPS) is 15.7. The molecular formula is C65H49NO. The summed E-state index contributed by atoms with van der Waals surface area (Å²) in [4.78, 5) is 2.39. The zero-order chi connectivity index (χ0) is 45.3. The first kappa shape index (κ1) is 40.3. The van der Waals surface area contributed by atoms with E-state index in [1.165, 1.54) is 66.8 Å². The van der Waals surface area contributed by atoms with Gasteiger partial charge >= 0.3 is 0 Å². The van der Waals surface area contributed by atoms with E-state index in [0.29, 0.717) is 0 Å². The second-order valence-electron chi connectivity index (χ2n) is 18.5. The highest BCUT2D eigenvalue weighted by Crippen LogP contribution is 2.58. The fourth-order valence-corrected chi connectivity index (χ4v) is 11.3. The minimum absolute atomic E-state index is 0.113. The Morgan fingerprint density at radius 3 is 1.70 bits per heavy atom. The zero-order valence-electron chi connectivity index (χ0n) is 38.0. The van der Waals surface area contributed by atoms with Crippen LogP contribution >= 0.6 is 0 Å². The summed E-state index contributed by atoms with van der Waals surface area (Å²) in [6.45, 7) is 10.9. The van der Waals surface area contributed by atoms with Gasteiger partial charge in [-0.2, -0.15) is 0 Å². The van der Waals surface area contributed by atoms with Crippen molar-refractivity contribution in [1.82, 2.24) is 0 Å². The van der Waals surface area contributed by atoms with Gasteiger partial charge in [0.2, 0.25) is 0 Å². The number of hydrogen-bond donors (Lipinski definition) is 0. The van der Waals surface area contributed by atoms with Crippen LogP contribution < -0.4 is 4.90 Å². The maximum atomic E-state index is 6.89. The van der Waals surface area contributed by atoms with Crippen LogP contribution in [0.2, 0.25) is 0 Å². The summed E-state index contributed by atoms with van der Waals surface area (Å²) in [7, 11) is 0. The van der Waals surface area contributed by atoms with Crippen LogP contribution in [0.1, 0.15) is 48.6 Å². The monoisotopic (exact) mass is 859 g/mol. The zero-order valence-corrected chi connectivity index (χ0v) is 38.0. The van der Waals surface area contributed by atoms with Crippen LogP contribution in [0.3, 0.4) is 0 Å². The third-order valence-corrected chi connectivity index (χ3v) is 14.5. The standard InChI is InChI=1S/C65H49NO/c1-5-6-9-18-43(2)65(48-21-12-8-13-22-48)59-26-17-15-24-53(59)56-41-57-55-37-31-47(39-62(55)67-63(57)42-61(56)65)46-29-34-50(35-30-46)66(49-32-27-45(28-33-49)44-19-10-7-11-20-44)51-36-38-54-52-23-14-16-25-58(52)64(3,4)60(54)40-51/h5-42H,1H2,2-4H3/b9-6-,43-18+. The van der Waals surface area contributed by atoms with Crippen LogP contribution in [0.25, 0.3) is 66.4 Å². The molecule has 320 valence electrons. The average molecular weight is 860 g/mol. The van der Waals surface area contributed by atoms with E-state index in [0.717, 1.165) is 50.1 Å². The van der Waals surface area contributed by atoms with Gasteiger partial charge in [0.25, 0.3) is 0 Å². The lowest BCUT2D eigenvalue weighted by Gasteiger charge is -2.34. The van der Waals surface area contributed by atoms with Gasteiger partial charge in [0.05, 0.1) is 5.41 Å². The molecule has 0 saturated heterocycles. The van der Waals surface area contributed by atoms with E-state index < -0.39 is 5.41 Å². The van der Waals surface area contributed by atoms with Gasteiger partial charge in [-0.05, 0) is 140 Å². The summed E-state index contributed by atoms with van der Waals surface area (Å²) < 4.78 is 6.89. The number of nitrogens with zero attached hydrogens (tertiary/aromatic N) is 1. The molecule has 2 aliphatic carbocycles. The van der Waals surface area contributed by atoms with E-state index in [1.807, 2.05) is 12.2 Å². The summed E-state index contributed by atoms with van der Waals surface area (Å²) in [5.74, 6) is 0. The number of allylic oxidation sites excluding steroid dienone is 5. The quantitative estimate of drug-likeness (QED) is 0.134. The van der Waals surface area contributed by atoms with Crippen molar-refractivity contribution >= 4 is 39.0 Å². The first-order chi connectivity index (χ1) is 32.8. The highest BCUT2D eigenvalue weighted by Gasteiger charge is 2.46. The molecule has 67 heavy (non-hydrogen) atoms. The lowest BCUT2D eigenvalue weighted by molar-refractivity contribution is 0.660. The molecule has 1 aromatic heterocycles. The van der Waals surface area contributed by atoms with Crippen LogP contribution in [0.15, 0.2) is 247 Å². The van der Waals surface area contributed by atoms with Gasteiger partial charge in [0, 0.05) is 33.2 Å². The highest BCUT2D eigenvalue weighted by molar-refractivity contribution is 6.09. The number of hydrogen-bond acceptors (Lipinski definition) is 2. The number of fused-ring (bicyclic) bond motifs is 9. The molecule has 1 atom stereocenters. The summed E-state index contributed by atoms with van der Waals surface area (Å²) >= 11 is 0. The maximum absolute atomic E-state index is 6.89. The largest absolute Gasteiger partial charge is 0.456 e. The summed E-state index contributed by atoms with van der Waals surface area (Å²) in [6, 6.07) is 75.5. The van der Waals surface area contributed by atoms with E-state index >= 15 is 0 Å². The minimum atomic E-state index is -0.489. The molecular weight excluding hydrogens is 811 g/mol. The predicted molar refractivity (Wildman–Crippen MR) is 282 cm³/mol. The molecule has 0 fully saturated rings. The topological polar surface area (TPSA) is 16.4 Å². The van der Waals surface area contributed by atoms with Crippen molar-refractivity contribution < 1.29 is 4.42 Å². The molecule has 0 saturated carbocycles. The molecule has 1 heterocycles. The van der Waals surface area contributed by atoms with E-state index in [-0.39, 0.29) is 5.41 Å². The second-order valence-corrected chi connectivity index (χ2v) is 18.5. The smallest absolute Gasteiger partial charge is 0.136 e. The molecule has 0 aliphatic heterocycles. The molecule has 2 heteroatoms. The SMILES string of the molecule is C=C/C=C\C=C(/C)C1(c2ccccc2)c2ccccc2-c2cc3c(cc21)oc1cc(-c2ccc(N(c4ccc(-c5ccccc5)cc4)c4ccc5c(c4)C(C)(C)c4ccccc4-5)cc2)ccc13. The first-order valence-corrected chi connectivity index (χ1v) is 23.3. The molecule has 0 spiro atoms. The van der Waals surface area contributed by atoms with Gasteiger partial charge in [0.1, 0.15) is 11.2 Å². The highest BCUT2D eigenvalue weighted by atomic mass is 16.3. The van der Waals surface area contributed by atoms with Gasteiger partial charge in [-0.25, -0.2) is 0 Å².